The lowest BCUT2D eigenvalue weighted by Crippen LogP contribution is -2.55. The molecule has 1 fully saturated rings. The summed E-state index contributed by atoms with van der Waals surface area (Å²) in [6, 6.07) is 0. The molecule has 0 aromatic rings. The maximum absolute atomic E-state index is 5.84. The van der Waals surface area contributed by atoms with Gasteiger partial charge < -0.3 is 4.74 Å². The summed E-state index contributed by atoms with van der Waals surface area (Å²) < 4.78 is 5.84. The molecule has 80 valence electrons. The van der Waals surface area contributed by atoms with E-state index in [1.165, 1.54) is 0 Å². The van der Waals surface area contributed by atoms with Gasteiger partial charge in [-0.3, -0.25) is 0 Å². The van der Waals surface area contributed by atoms with E-state index < -0.39 is 0 Å². The van der Waals surface area contributed by atoms with Crippen molar-refractivity contribution in [1.29, 1.82) is 0 Å². The summed E-state index contributed by atoms with van der Waals surface area (Å²) in [7, 11) is 0. The molecule has 0 aliphatic carbocycles. The zero-order valence-corrected chi connectivity index (χ0v) is 9.89. The van der Waals surface area contributed by atoms with Crippen LogP contribution in [0.5, 0.6) is 0 Å². The van der Waals surface area contributed by atoms with Crippen LogP contribution in [0.15, 0.2) is 25.3 Å². The fourth-order valence-electron chi connectivity index (χ4n) is 2.33. The molecule has 1 nitrogen and oxygen atoms in total. The van der Waals surface area contributed by atoms with E-state index in [4.69, 9.17) is 4.74 Å². The number of ether oxygens (including phenoxy) is 1. The largest absolute Gasteiger partial charge is 0.375 e. The van der Waals surface area contributed by atoms with Crippen molar-refractivity contribution in [3.05, 3.63) is 25.3 Å². The van der Waals surface area contributed by atoms with Crippen molar-refractivity contribution in [2.75, 3.05) is 6.61 Å². The first kappa shape index (κ1) is 11.5. The molecule has 0 radical (unpaired) electrons. The van der Waals surface area contributed by atoms with Gasteiger partial charge in [0.05, 0.1) is 5.60 Å². The van der Waals surface area contributed by atoms with E-state index >= 15 is 0 Å². The highest BCUT2D eigenvalue weighted by molar-refractivity contribution is 5.19. The Hall–Kier alpha value is -0.560. The molecule has 0 amide bonds. The highest BCUT2D eigenvalue weighted by Crippen LogP contribution is 2.55. The molecule has 1 saturated heterocycles. The third-order valence-electron chi connectivity index (χ3n) is 4.38. The van der Waals surface area contributed by atoms with E-state index in [1.54, 1.807) is 0 Å². The third-order valence-corrected chi connectivity index (χ3v) is 4.38. The second-order valence-corrected chi connectivity index (χ2v) is 5.18. The predicted molar refractivity (Wildman–Crippen MR) is 61.3 cm³/mol. The Morgan fingerprint density at radius 1 is 1.07 bits per heavy atom. The zero-order valence-electron chi connectivity index (χ0n) is 9.89. The van der Waals surface area contributed by atoms with E-state index in [-0.39, 0.29) is 16.4 Å². The molecule has 0 spiro atoms. The minimum absolute atomic E-state index is 0.00521. The smallest absolute Gasteiger partial charge is 0.0688 e. The Balaban J connectivity index is 3.20. The normalized spacial score (nSPS) is 28.0. The summed E-state index contributed by atoms with van der Waals surface area (Å²) >= 11 is 0. The summed E-state index contributed by atoms with van der Waals surface area (Å²) in [5.74, 6) is 0. The maximum Gasteiger partial charge on any atom is 0.0688 e. The molecular formula is C13H22O. The summed E-state index contributed by atoms with van der Waals surface area (Å²) in [6.07, 6.45) is 5.05. The fourth-order valence-corrected chi connectivity index (χ4v) is 2.33. The summed E-state index contributed by atoms with van der Waals surface area (Å²) in [5, 5.41) is 0. The molecular weight excluding hydrogens is 172 g/mol. The first-order valence-electron chi connectivity index (χ1n) is 5.24. The molecule has 0 atom stereocenters. The number of rotatable bonds is 2. The van der Waals surface area contributed by atoms with Crippen LogP contribution in [0.25, 0.3) is 0 Å². The van der Waals surface area contributed by atoms with Gasteiger partial charge in [-0.1, -0.05) is 26.0 Å². The number of hydrogen-bond donors (Lipinski definition) is 0. The molecule has 0 aromatic heterocycles. The quantitative estimate of drug-likeness (QED) is 0.611. The zero-order chi connectivity index (χ0) is 11.0. The molecule has 0 N–H and O–H groups in total. The van der Waals surface area contributed by atoms with E-state index in [9.17, 15) is 0 Å². The van der Waals surface area contributed by atoms with Crippen LogP contribution in [0.4, 0.5) is 0 Å². The van der Waals surface area contributed by atoms with Gasteiger partial charge in [0, 0.05) is 17.4 Å². The van der Waals surface area contributed by atoms with E-state index in [0.717, 1.165) is 13.0 Å². The summed E-state index contributed by atoms with van der Waals surface area (Å²) in [5.41, 5.74) is -0.107. The lowest BCUT2D eigenvalue weighted by atomic mass is 9.55. The van der Waals surface area contributed by atoms with Gasteiger partial charge in [-0.05, 0) is 20.3 Å². The van der Waals surface area contributed by atoms with Gasteiger partial charge in [0.1, 0.15) is 0 Å². The molecule has 0 aromatic carbocycles. The topological polar surface area (TPSA) is 9.23 Å². The Kier molecular flexibility index (Phi) is 2.66. The Labute approximate surface area is 87.8 Å². The average Bonchev–Trinajstić information content (AvgIpc) is 2.10. The Bertz CT molecular complexity index is 240. The van der Waals surface area contributed by atoms with Gasteiger partial charge in [0.15, 0.2) is 0 Å². The minimum atomic E-state index is -0.131. The minimum Gasteiger partial charge on any atom is -0.375 e. The molecule has 1 aliphatic rings. The molecule has 14 heavy (non-hydrogen) atoms. The highest BCUT2D eigenvalue weighted by Gasteiger charge is 2.53. The standard InChI is InChI=1S/C13H22O/c1-7-13(8-2)9-10-14-12(5,6)11(13,3)4/h7-8H,1-2,9-10H2,3-6H3. The van der Waals surface area contributed by atoms with Gasteiger partial charge in [-0.25, -0.2) is 0 Å². The van der Waals surface area contributed by atoms with Crippen LogP contribution in [0.2, 0.25) is 0 Å². The lowest BCUT2D eigenvalue weighted by Gasteiger charge is -2.56. The van der Waals surface area contributed by atoms with Gasteiger partial charge >= 0.3 is 0 Å². The Morgan fingerprint density at radius 2 is 1.57 bits per heavy atom. The average molecular weight is 194 g/mol. The highest BCUT2D eigenvalue weighted by atomic mass is 16.5. The van der Waals surface area contributed by atoms with Gasteiger partial charge in [-0.15, -0.1) is 13.2 Å². The molecule has 0 unspecified atom stereocenters. The van der Waals surface area contributed by atoms with Crippen molar-refractivity contribution in [2.45, 2.75) is 39.7 Å². The van der Waals surface area contributed by atoms with Crippen LogP contribution in [0.3, 0.4) is 0 Å². The molecule has 0 saturated carbocycles. The van der Waals surface area contributed by atoms with Crippen LogP contribution in [0.1, 0.15) is 34.1 Å². The first-order chi connectivity index (χ1) is 6.33. The van der Waals surface area contributed by atoms with Crippen LogP contribution in [-0.2, 0) is 4.74 Å². The second-order valence-electron chi connectivity index (χ2n) is 5.18. The number of hydrogen-bond acceptors (Lipinski definition) is 1. The van der Waals surface area contributed by atoms with E-state index in [1.807, 2.05) is 12.2 Å². The third kappa shape index (κ3) is 1.26. The van der Waals surface area contributed by atoms with Crippen molar-refractivity contribution in [1.82, 2.24) is 0 Å². The van der Waals surface area contributed by atoms with Crippen molar-refractivity contribution >= 4 is 0 Å². The van der Waals surface area contributed by atoms with Gasteiger partial charge in [-0.2, -0.15) is 0 Å². The monoisotopic (exact) mass is 194 g/mol. The summed E-state index contributed by atoms with van der Waals surface area (Å²) in [4.78, 5) is 0. The fraction of sp³-hybridized carbons (Fsp3) is 0.692. The molecule has 1 heteroatoms. The van der Waals surface area contributed by atoms with Crippen molar-refractivity contribution < 1.29 is 4.74 Å². The molecule has 1 heterocycles. The molecule has 0 bridgehead atoms. The SMILES string of the molecule is C=CC1(C=C)CCOC(C)(C)C1(C)C. The molecule has 1 aliphatic heterocycles. The molecule has 1 rings (SSSR count). The van der Waals surface area contributed by atoms with Crippen molar-refractivity contribution in [3.63, 3.8) is 0 Å². The maximum atomic E-state index is 5.84. The Morgan fingerprint density at radius 3 is 1.93 bits per heavy atom. The predicted octanol–water partition coefficient (Wildman–Crippen LogP) is 3.57. The summed E-state index contributed by atoms with van der Waals surface area (Å²) in [6.45, 7) is 17.5. The van der Waals surface area contributed by atoms with Crippen LogP contribution < -0.4 is 0 Å². The van der Waals surface area contributed by atoms with E-state index in [2.05, 4.69) is 40.9 Å². The van der Waals surface area contributed by atoms with Crippen LogP contribution >= 0.6 is 0 Å². The second kappa shape index (κ2) is 3.23. The lowest BCUT2D eigenvalue weighted by molar-refractivity contribution is -0.174. The van der Waals surface area contributed by atoms with Crippen LogP contribution in [-0.4, -0.2) is 12.2 Å². The number of allylic oxidation sites excluding steroid dienone is 2. The van der Waals surface area contributed by atoms with E-state index in [0.29, 0.717) is 0 Å². The van der Waals surface area contributed by atoms with Crippen molar-refractivity contribution in [2.24, 2.45) is 10.8 Å². The first-order valence-corrected chi connectivity index (χ1v) is 5.24. The van der Waals surface area contributed by atoms with Gasteiger partial charge in [0.2, 0.25) is 0 Å². The van der Waals surface area contributed by atoms with Gasteiger partial charge in [0.25, 0.3) is 0 Å². The van der Waals surface area contributed by atoms with Crippen LogP contribution in [0, 0.1) is 10.8 Å². The van der Waals surface area contributed by atoms with Crippen molar-refractivity contribution in [3.8, 4) is 0 Å².